The second kappa shape index (κ2) is 9.21. The van der Waals surface area contributed by atoms with Gasteiger partial charge < -0.3 is 9.73 Å². The summed E-state index contributed by atoms with van der Waals surface area (Å²) in [5.41, 5.74) is 3.28. The summed E-state index contributed by atoms with van der Waals surface area (Å²) in [6, 6.07) is 15.8. The Morgan fingerprint density at radius 2 is 1.74 bits per heavy atom. The van der Waals surface area contributed by atoms with Gasteiger partial charge >= 0.3 is 5.76 Å². The molecule has 3 rings (SSSR count). The molecular formula is C22H26N2O3. The molecule has 1 heterocycles. The molecule has 0 fully saturated rings. The quantitative estimate of drug-likeness (QED) is 0.561. The minimum Gasteiger partial charge on any atom is -0.408 e. The average molecular weight is 366 g/mol. The third kappa shape index (κ3) is 5.33. The maximum absolute atomic E-state index is 12.1. The summed E-state index contributed by atoms with van der Waals surface area (Å²) >= 11 is 0. The maximum Gasteiger partial charge on any atom is 0.419 e. The SMILES string of the molecule is Cn1c(=O)oc2ccc(NC(=O)CCCCCCCc3ccccc3)cc21. The predicted molar refractivity (Wildman–Crippen MR) is 108 cm³/mol. The van der Waals surface area contributed by atoms with Crippen molar-refractivity contribution in [1.29, 1.82) is 0 Å². The number of nitrogens with zero attached hydrogens (tertiary/aromatic N) is 1. The van der Waals surface area contributed by atoms with Crippen molar-refractivity contribution >= 4 is 22.7 Å². The Morgan fingerprint density at radius 3 is 2.56 bits per heavy atom. The van der Waals surface area contributed by atoms with E-state index >= 15 is 0 Å². The Labute approximate surface area is 159 Å². The van der Waals surface area contributed by atoms with E-state index in [1.54, 1.807) is 25.2 Å². The van der Waals surface area contributed by atoms with E-state index < -0.39 is 5.76 Å². The van der Waals surface area contributed by atoms with E-state index in [0.717, 1.165) is 25.7 Å². The van der Waals surface area contributed by atoms with Crippen LogP contribution < -0.4 is 11.1 Å². The highest BCUT2D eigenvalue weighted by molar-refractivity contribution is 5.92. The van der Waals surface area contributed by atoms with E-state index in [9.17, 15) is 9.59 Å². The minimum atomic E-state index is -0.402. The van der Waals surface area contributed by atoms with Crippen LogP contribution in [-0.2, 0) is 18.3 Å². The van der Waals surface area contributed by atoms with Crippen LogP contribution in [0.1, 0.15) is 44.1 Å². The number of nitrogens with one attached hydrogen (secondary N) is 1. The molecule has 5 nitrogen and oxygen atoms in total. The first-order valence-electron chi connectivity index (χ1n) is 9.57. The van der Waals surface area contributed by atoms with Gasteiger partial charge in [-0.05, 0) is 43.0 Å². The number of aryl methyl sites for hydroxylation is 2. The van der Waals surface area contributed by atoms with Crippen LogP contribution in [0.3, 0.4) is 0 Å². The molecule has 1 N–H and O–H groups in total. The summed E-state index contributed by atoms with van der Waals surface area (Å²) in [6.07, 6.45) is 7.15. The van der Waals surface area contributed by atoms with Gasteiger partial charge in [-0.15, -0.1) is 0 Å². The molecule has 27 heavy (non-hydrogen) atoms. The minimum absolute atomic E-state index is 0.00660. The number of carbonyl (C=O) groups is 1. The van der Waals surface area contributed by atoms with Gasteiger partial charge in [-0.2, -0.15) is 0 Å². The largest absolute Gasteiger partial charge is 0.419 e. The van der Waals surface area contributed by atoms with E-state index in [4.69, 9.17) is 4.42 Å². The molecule has 0 aliphatic carbocycles. The fourth-order valence-electron chi connectivity index (χ4n) is 3.22. The lowest BCUT2D eigenvalue weighted by molar-refractivity contribution is -0.116. The third-order valence-corrected chi connectivity index (χ3v) is 4.79. The van der Waals surface area contributed by atoms with Crippen molar-refractivity contribution < 1.29 is 9.21 Å². The van der Waals surface area contributed by atoms with Crippen LogP contribution in [0.5, 0.6) is 0 Å². The van der Waals surface area contributed by atoms with Crippen LogP contribution in [0.25, 0.3) is 11.1 Å². The summed E-state index contributed by atoms with van der Waals surface area (Å²) in [5.74, 6) is -0.395. The first kappa shape index (κ1) is 19.0. The second-order valence-corrected chi connectivity index (χ2v) is 6.91. The monoisotopic (exact) mass is 366 g/mol. The second-order valence-electron chi connectivity index (χ2n) is 6.91. The van der Waals surface area contributed by atoms with E-state index in [1.165, 1.54) is 23.0 Å². The maximum atomic E-state index is 12.1. The molecule has 0 bridgehead atoms. The molecule has 5 heteroatoms. The zero-order valence-corrected chi connectivity index (χ0v) is 15.7. The Bertz CT molecular complexity index is 941. The number of benzene rings is 2. The third-order valence-electron chi connectivity index (χ3n) is 4.79. The van der Waals surface area contributed by atoms with Crippen molar-refractivity contribution in [1.82, 2.24) is 4.57 Å². The summed E-state index contributed by atoms with van der Waals surface area (Å²) in [5, 5.41) is 2.90. The smallest absolute Gasteiger partial charge is 0.408 e. The molecule has 0 atom stereocenters. The number of amides is 1. The van der Waals surface area contributed by atoms with Crippen LogP contribution >= 0.6 is 0 Å². The van der Waals surface area contributed by atoms with Gasteiger partial charge in [-0.25, -0.2) is 4.79 Å². The summed E-state index contributed by atoms with van der Waals surface area (Å²) in [7, 11) is 1.65. The molecule has 0 aliphatic heterocycles. The number of unbranched alkanes of at least 4 members (excludes halogenated alkanes) is 4. The lowest BCUT2D eigenvalue weighted by atomic mass is 10.0. The summed E-state index contributed by atoms with van der Waals surface area (Å²) in [6.45, 7) is 0. The first-order chi connectivity index (χ1) is 13.1. The number of hydrogen-bond acceptors (Lipinski definition) is 3. The van der Waals surface area contributed by atoms with Crippen molar-refractivity contribution in [3.05, 3.63) is 64.6 Å². The Morgan fingerprint density at radius 1 is 1.00 bits per heavy atom. The number of oxazole rings is 1. The molecule has 1 amide bonds. The first-order valence-corrected chi connectivity index (χ1v) is 9.57. The van der Waals surface area contributed by atoms with Crippen LogP contribution in [0.4, 0.5) is 5.69 Å². The molecule has 0 radical (unpaired) electrons. The molecule has 0 unspecified atom stereocenters. The fraction of sp³-hybridized carbons (Fsp3) is 0.364. The van der Waals surface area contributed by atoms with Crippen molar-refractivity contribution in [3.63, 3.8) is 0 Å². The van der Waals surface area contributed by atoms with Crippen molar-refractivity contribution in [2.75, 3.05) is 5.32 Å². The van der Waals surface area contributed by atoms with Gasteiger partial charge in [0.1, 0.15) is 0 Å². The van der Waals surface area contributed by atoms with Crippen molar-refractivity contribution in [2.24, 2.45) is 7.05 Å². The number of fused-ring (bicyclic) bond motifs is 1. The number of aromatic nitrogens is 1. The zero-order chi connectivity index (χ0) is 19.1. The summed E-state index contributed by atoms with van der Waals surface area (Å²) < 4.78 is 6.52. The molecule has 1 aromatic heterocycles. The standard InChI is InChI=1S/C22H26N2O3/c1-24-19-16-18(14-15-20(19)27-22(24)26)23-21(25)13-9-4-2-3-6-10-17-11-7-5-8-12-17/h5,7-8,11-12,14-16H,2-4,6,9-10,13H2,1H3,(H,23,25). The predicted octanol–water partition coefficient (Wildman–Crippen LogP) is 4.65. The van der Waals surface area contributed by atoms with E-state index in [0.29, 0.717) is 23.2 Å². The van der Waals surface area contributed by atoms with Gasteiger partial charge in [-0.3, -0.25) is 9.36 Å². The van der Waals surface area contributed by atoms with Crippen LogP contribution in [0.15, 0.2) is 57.7 Å². The average Bonchev–Trinajstić information content (AvgIpc) is 2.96. The highest BCUT2D eigenvalue weighted by Crippen LogP contribution is 2.18. The number of rotatable bonds is 9. The van der Waals surface area contributed by atoms with Gasteiger partial charge in [0, 0.05) is 19.2 Å². The van der Waals surface area contributed by atoms with Gasteiger partial charge in [0.2, 0.25) is 5.91 Å². The van der Waals surface area contributed by atoms with E-state index in [-0.39, 0.29) is 5.91 Å². The van der Waals surface area contributed by atoms with Gasteiger partial charge in [-0.1, -0.05) is 49.6 Å². The Kier molecular flexibility index (Phi) is 6.47. The molecule has 0 saturated carbocycles. The molecule has 0 saturated heterocycles. The molecular weight excluding hydrogens is 340 g/mol. The number of carbonyl (C=O) groups excluding carboxylic acids is 1. The van der Waals surface area contributed by atoms with Gasteiger partial charge in [0.25, 0.3) is 0 Å². The Balaban J connectivity index is 1.34. The van der Waals surface area contributed by atoms with Crippen molar-refractivity contribution in [3.8, 4) is 0 Å². The molecule has 2 aromatic carbocycles. The van der Waals surface area contributed by atoms with Gasteiger partial charge in [0.05, 0.1) is 5.52 Å². The molecule has 142 valence electrons. The zero-order valence-electron chi connectivity index (χ0n) is 15.7. The molecule has 0 aliphatic rings. The Hall–Kier alpha value is -2.82. The van der Waals surface area contributed by atoms with E-state index in [1.807, 2.05) is 6.07 Å². The van der Waals surface area contributed by atoms with Crippen LogP contribution in [0, 0.1) is 0 Å². The summed E-state index contributed by atoms with van der Waals surface area (Å²) in [4.78, 5) is 23.6. The normalized spacial score (nSPS) is 11.0. The number of hydrogen-bond donors (Lipinski definition) is 1. The molecule has 0 spiro atoms. The van der Waals surface area contributed by atoms with Gasteiger partial charge in [0.15, 0.2) is 5.58 Å². The lowest BCUT2D eigenvalue weighted by Crippen LogP contribution is -2.11. The fourth-order valence-corrected chi connectivity index (χ4v) is 3.22. The highest BCUT2D eigenvalue weighted by atomic mass is 16.4. The lowest BCUT2D eigenvalue weighted by Gasteiger charge is -2.06. The van der Waals surface area contributed by atoms with E-state index in [2.05, 4.69) is 29.6 Å². The van der Waals surface area contributed by atoms with Crippen LogP contribution in [-0.4, -0.2) is 10.5 Å². The highest BCUT2D eigenvalue weighted by Gasteiger charge is 2.08. The van der Waals surface area contributed by atoms with Crippen LogP contribution in [0.2, 0.25) is 0 Å². The molecule has 3 aromatic rings. The van der Waals surface area contributed by atoms with Crippen molar-refractivity contribution in [2.45, 2.75) is 44.9 Å². The topological polar surface area (TPSA) is 64.2 Å². The number of anilines is 1.